The molecule has 1 unspecified atom stereocenters. The van der Waals surface area contributed by atoms with Crippen LogP contribution >= 0.6 is 11.6 Å². The van der Waals surface area contributed by atoms with E-state index in [0.717, 1.165) is 5.52 Å². The Morgan fingerprint density at radius 1 is 1.06 bits per heavy atom. The highest BCUT2D eigenvalue weighted by atomic mass is 35.5. The first-order valence-corrected chi connectivity index (χ1v) is 14.4. The summed E-state index contributed by atoms with van der Waals surface area (Å²) >= 11 is 6.44. The minimum absolute atomic E-state index is 0.114. The number of para-hydroxylation sites is 2. The van der Waals surface area contributed by atoms with E-state index in [4.69, 9.17) is 11.6 Å². The monoisotopic (exact) mass is 544 g/mol. The third kappa shape index (κ3) is 4.87. The number of benzene rings is 3. The smallest absolute Gasteiger partial charge is 0.242 e. The molecule has 0 saturated carbocycles. The number of H-pyrrole nitrogens is 1. The number of hydrogen-bond donors (Lipinski definition) is 3. The first-order chi connectivity index (χ1) is 17.1. The van der Waals surface area contributed by atoms with E-state index < -0.39 is 37.2 Å². The number of nitrogens with one attached hydrogen (secondary N) is 3. The van der Waals surface area contributed by atoms with Gasteiger partial charge in [0.1, 0.15) is 11.1 Å². The van der Waals surface area contributed by atoms with Crippen LogP contribution in [0, 0.1) is 0 Å². The number of sulfonamides is 2. The number of carbonyl (C=O) groups excluding carboxylic acids is 1. The summed E-state index contributed by atoms with van der Waals surface area (Å²) in [7, 11) is -7.74. The number of aromatic nitrogens is 2. The van der Waals surface area contributed by atoms with Crippen LogP contribution in [0.2, 0.25) is 5.02 Å². The molecule has 36 heavy (non-hydrogen) atoms. The van der Waals surface area contributed by atoms with Crippen molar-refractivity contribution >= 4 is 48.6 Å². The summed E-state index contributed by atoms with van der Waals surface area (Å²) in [6.07, 6.45) is -0.0274. The number of aromatic amines is 1. The molecule has 1 fully saturated rings. The Morgan fingerprint density at radius 3 is 2.44 bits per heavy atom. The van der Waals surface area contributed by atoms with Crippen molar-refractivity contribution < 1.29 is 21.6 Å². The van der Waals surface area contributed by atoms with Gasteiger partial charge in [0.15, 0.2) is 0 Å². The number of hydrogen-bond acceptors (Lipinski definition) is 6. The molecule has 3 N–H and O–H groups in total. The van der Waals surface area contributed by atoms with Crippen molar-refractivity contribution in [2.75, 3.05) is 0 Å². The molecule has 186 valence electrons. The number of carbonyl (C=O) groups is 1. The fraction of sp³-hybridized carbons (Fsp3) is 0.167. The van der Waals surface area contributed by atoms with Crippen LogP contribution in [0.5, 0.6) is 0 Å². The molecule has 0 radical (unpaired) electrons. The number of rotatable bonds is 7. The lowest BCUT2D eigenvalue weighted by atomic mass is 10.0. The Kier molecular flexibility index (Phi) is 6.33. The minimum atomic E-state index is -3.89. The van der Waals surface area contributed by atoms with Crippen LogP contribution in [-0.4, -0.2) is 32.7 Å². The van der Waals surface area contributed by atoms with Gasteiger partial charge in [0, 0.05) is 5.02 Å². The first kappa shape index (κ1) is 24.4. The summed E-state index contributed by atoms with van der Waals surface area (Å²) in [6, 6.07) is 19.4. The van der Waals surface area contributed by atoms with Gasteiger partial charge in [-0.1, -0.05) is 54.1 Å². The second kappa shape index (κ2) is 9.32. The molecular weight excluding hydrogens is 524 g/mol. The van der Waals surface area contributed by atoms with Gasteiger partial charge in [-0.15, -0.1) is 0 Å². The summed E-state index contributed by atoms with van der Waals surface area (Å²) in [6.45, 7) is 0. The Hall–Kier alpha value is -3.25. The first-order valence-electron chi connectivity index (χ1n) is 11.0. The molecule has 3 aromatic carbocycles. The third-order valence-corrected chi connectivity index (χ3v) is 9.44. The highest BCUT2D eigenvalue weighted by molar-refractivity contribution is 7.90. The predicted molar refractivity (Wildman–Crippen MR) is 135 cm³/mol. The van der Waals surface area contributed by atoms with Gasteiger partial charge < -0.3 is 4.98 Å². The lowest BCUT2D eigenvalue weighted by Gasteiger charge is -2.18. The number of nitrogens with zero attached hydrogens (tertiary/aromatic N) is 1. The van der Waals surface area contributed by atoms with Gasteiger partial charge in [0.25, 0.3) is 0 Å². The van der Waals surface area contributed by atoms with Crippen LogP contribution in [0.3, 0.4) is 0 Å². The topological polar surface area (TPSA) is 138 Å². The summed E-state index contributed by atoms with van der Waals surface area (Å²) in [4.78, 5) is 19.5. The number of imidazole rings is 1. The molecule has 1 aromatic heterocycles. The zero-order valence-electron chi connectivity index (χ0n) is 18.7. The summed E-state index contributed by atoms with van der Waals surface area (Å²) in [5, 5.41) is -0.902. The van der Waals surface area contributed by atoms with Gasteiger partial charge in [-0.25, -0.2) is 26.5 Å². The second-order valence-electron chi connectivity index (χ2n) is 8.45. The van der Waals surface area contributed by atoms with Crippen LogP contribution in [-0.2, 0) is 31.3 Å². The average Bonchev–Trinajstić information content (AvgIpc) is 3.38. The maximum atomic E-state index is 13.1. The molecule has 1 amide bonds. The Bertz CT molecular complexity index is 1640. The lowest BCUT2D eigenvalue weighted by molar-refractivity contribution is -0.118. The minimum Gasteiger partial charge on any atom is -0.341 e. The van der Waals surface area contributed by atoms with Crippen LogP contribution in [0.1, 0.15) is 34.7 Å². The molecule has 1 aliphatic heterocycles. The van der Waals surface area contributed by atoms with E-state index in [1.54, 1.807) is 36.4 Å². The van der Waals surface area contributed by atoms with Crippen LogP contribution in [0.25, 0.3) is 11.0 Å². The predicted octanol–water partition coefficient (Wildman–Crippen LogP) is 3.37. The van der Waals surface area contributed by atoms with Gasteiger partial charge in [-0.2, -0.15) is 0 Å². The van der Waals surface area contributed by atoms with E-state index in [1.807, 2.05) is 29.0 Å². The SMILES string of the molecule is O=C1CC(c2ccc(C[C@H](NS(=O)(=O)c3ccccc3)c3nc4ccccc4[nH]3)cc2Cl)S(=O)(=O)N1. The van der Waals surface area contributed by atoms with Gasteiger partial charge in [-0.3, -0.25) is 9.52 Å². The molecule has 9 nitrogen and oxygen atoms in total. The maximum Gasteiger partial charge on any atom is 0.242 e. The highest BCUT2D eigenvalue weighted by Gasteiger charge is 2.39. The highest BCUT2D eigenvalue weighted by Crippen LogP contribution is 2.35. The fourth-order valence-corrected chi connectivity index (χ4v) is 7.28. The number of amides is 1. The van der Waals surface area contributed by atoms with Crippen molar-refractivity contribution in [3.8, 4) is 0 Å². The van der Waals surface area contributed by atoms with Crippen LogP contribution < -0.4 is 9.44 Å². The van der Waals surface area contributed by atoms with E-state index in [9.17, 15) is 21.6 Å². The van der Waals surface area contributed by atoms with E-state index >= 15 is 0 Å². The van der Waals surface area contributed by atoms with Crippen molar-refractivity contribution in [3.05, 3.63) is 94.8 Å². The summed E-state index contributed by atoms with van der Waals surface area (Å²) in [5.74, 6) is -0.163. The zero-order chi connectivity index (χ0) is 25.5. The van der Waals surface area contributed by atoms with Crippen molar-refractivity contribution in [1.82, 2.24) is 19.4 Å². The van der Waals surface area contributed by atoms with Gasteiger partial charge in [0.2, 0.25) is 26.0 Å². The largest absolute Gasteiger partial charge is 0.341 e. The average molecular weight is 545 g/mol. The van der Waals surface area contributed by atoms with E-state index in [-0.39, 0.29) is 22.8 Å². The third-order valence-electron chi connectivity index (χ3n) is 5.94. The quantitative estimate of drug-likeness (QED) is 0.326. The molecule has 1 saturated heterocycles. The second-order valence-corrected chi connectivity index (χ2v) is 12.4. The molecule has 0 bridgehead atoms. The number of fused-ring (bicyclic) bond motifs is 1. The van der Waals surface area contributed by atoms with E-state index in [2.05, 4.69) is 14.7 Å². The van der Waals surface area contributed by atoms with Crippen molar-refractivity contribution in [1.29, 1.82) is 0 Å². The van der Waals surface area contributed by atoms with Gasteiger partial charge >= 0.3 is 0 Å². The van der Waals surface area contributed by atoms with E-state index in [1.165, 1.54) is 12.1 Å². The molecule has 12 heteroatoms. The molecule has 1 aliphatic rings. The van der Waals surface area contributed by atoms with Crippen molar-refractivity contribution in [3.63, 3.8) is 0 Å². The van der Waals surface area contributed by atoms with E-state index in [0.29, 0.717) is 22.5 Å². The molecule has 0 spiro atoms. The molecule has 0 aliphatic carbocycles. The van der Waals surface area contributed by atoms with Crippen molar-refractivity contribution in [2.45, 2.75) is 29.0 Å². The Labute approximate surface area is 213 Å². The molecule has 2 atom stereocenters. The zero-order valence-corrected chi connectivity index (χ0v) is 21.1. The number of halogens is 1. The maximum absolute atomic E-state index is 13.1. The van der Waals surface area contributed by atoms with Gasteiger partial charge in [0.05, 0.1) is 28.4 Å². The summed E-state index contributed by atoms with van der Waals surface area (Å²) < 4.78 is 55.5. The molecular formula is C24H21ClN4O5S2. The standard InChI is InChI=1S/C24H21ClN4O5S2/c25-18-12-15(10-11-17(18)22-14-23(30)29-36(22,33)34)13-21(24-26-19-8-4-5-9-20(19)27-24)28-35(31,32)16-6-2-1-3-7-16/h1-12,21-22,28H,13-14H2,(H,26,27)(H,29,30)/t21-,22?/m0/s1. The summed E-state index contributed by atoms with van der Waals surface area (Å²) in [5.41, 5.74) is 2.41. The van der Waals surface area contributed by atoms with Crippen LogP contribution in [0.4, 0.5) is 0 Å². The molecule has 5 rings (SSSR count). The molecule has 2 heterocycles. The fourth-order valence-electron chi connectivity index (χ4n) is 4.21. The normalized spacial score (nSPS) is 18.2. The van der Waals surface area contributed by atoms with Crippen molar-refractivity contribution in [2.24, 2.45) is 0 Å². The molecule has 4 aromatic rings. The van der Waals surface area contributed by atoms with Crippen LogP contribution in [0.15, 0.2) is 77.7 Å². The Balaban J connectivity index is 1.49. The van der Waals surface area contributed by atoms with Gasteiger partial charge in [-0.05, 0) is 47.9 Å². The Morgan fingerprint density at radius 2 is 1.78 bits per heavy atom. The lowest BCUT2D eigenvalue weighted by Crippen LogP contribution is -2.31.